The van der Waals surface area contributed by atoms with Crippen molar-refractivity contribution in [3.05, 3.63) is 77.9 Å². The van der Waals surface area contributed by atoms with Gasteiger partial charge in [0.25, 0.3) is 0 Å². The summed E-state index contributed by atoms with van der Waals surface area (Å²) >= 11 is 0. The summed E-state index contributed by atoms with van der Waals surface area (Å²) in [6, 6.07) is 14.3. The number of rotatable bonds is 7. The molecule has 1 fully saturated rings. The van der Waals surface area contributed by atoms with E-state index in [4.69, 9.17) is 4.42 Å². The molecule has 6 nitrogen and oxygen atoms in total. The fraction of sp³-hybridized carbons (Fsp3) is 0.300. The highest BCUT2D eigenvalue weighted by molar-refractivity contribution is 5.84. The lowest BCUT2D eigenvalue weighted by atomic mass is 9.85. The summed E-state index contributed by atoms with van der Waals surface area (Å²) in [4.78, 5) is 6.54. The van der Waals surface area contributed by atoms with Gasteiger partial charge in [0.2, 0.25) is 5.89 Å². The van der Waals surface area contributed by atoms with E-state index >= 15 is 0 Å². The molecule has 0 spiro atoms. The fourth-order valence-electron chi connectivity index (χ4n) is 5.31. The second-order valence-electron chi connectivity index (χ2n) is 10.5. The van der Waals surface area contributed by atoms with Crippen molar-refractivity contribution >= 4 is 11.1 Å². The van der Waals surface area contributed by atoms with Gasteiger partial charge in [0.05, 0.1) is 0 Å². The highest BCUT2D eigenvalue weighted by Crippen LogP contribution is 2.39. The number of aromatic nitrogens is 4. The Morgan fingerprint density at radius 1 is 1.02 bits per heavy atom. The number of aryl methyl sites for hydroxylation is 1. The predicted molar refractivity (Wildman–Crippen MR) is 144 cm³/mol. The lowest BCUT2D eigenvalue weighted by Crippen LogP contribution is -2.29. The molecule has 1 saturated carbocycles. The normalized spacial score (nSPS) is 14.3. The predicted octanol–water partition coefficient (Wildman–Crippen LogP) is 7.35. The molecule has 0 radical (unpaired) electrons. The molecule has 40 heavy (non-hydrogen) atoms. The molecule has 1 aliphatic rings. The van der Waals surface area contributed by atoms with E-state index in [2.05, 4.69) is 20.1 Å². The van der Waals surface area contributed by atoms with Crippen LogP contribution < -0.4 is 0 Å². The Morgan fingerprint density at radius 2 is 1.82 bits per heavy atom. The van der Waals surface area contributed by atoms with Crippen LogP contribution in [0.4, 0.5) is 17.6 Å². The molecule has 2 heterocycles. The number of benzene rings is 3. The number of hydrogen-bond donors (Lipinski definition) is 0. The topological polar surface area (TPSA) is 60.0 Å². The van der Waals surface area contributed by atoms with Gasteiger partial charge in [-0.2, -0.15) is 13.2 Å². The second kappa shape index (κ2) is 10.2. The summed E-state index contributed by atoms with van der Waals surface area (Å²) in [7, 11) is 3.69. The summed E-state index contributed by atoms with van der Waals surface area (Å²) in [5.41, 5.74) is 1.98. The largest absolute Gasteiger partial charge is 0.435 e. The van der Waals surface area contributed by atoms with Crippen LogP contribution in [0.25, 0.3) is 45.1 Å². The summed E-state index contributed by atoms with van der Waals surface area (Å²) in [6.45, 7) is 1.25. The van der Waals surface area contributed by atoms with Crippen LogP contribution in [0.1, 0.15) is 30.4 Å². The van der Waals surface area contributed by atoms with Crippen LogP contribution in [0.5, 0.6) is 0 Å². The van der Waals surface area contributed by atoms with Crippen molar-refractivity contribution < 1.29 is 22.0 Å². The van der Waals surface area contributed by atoms with E-state index in [0.717, 1.165) is 12.6 Å². The first-order valence-corrected chi connectivity index (χ1v) is 13.1. The van der Waals surface area contributed by atoms with Gasteiger partial charge in [0.1, 0.15) is 23.2 Å². The average molecular weight is 550 g/mol. The van der Waals surface area contributed by atoms with Crippen molar-refractivity contribution in [1.82, 2.24) is 24.6 Å². The molecule has 0 saturated heterocycles. The third kappa shape index (κ3) is 5.11. The molecule has 6 rings (SSSR count). The maximum absolute atomic E-state index is 14.2. The number of halogens is 4. The van der Waals surface area contributed by atoms with Gasteiger partial charge in [-0.15, -0.1) is 10.2 Å². The highest BCUT2D eigenvalue weighted by atomic mass is 19.4. The van der Waals surface area contributed by atoms with Crippen LogP contribution in [-0.2, 0) is 19.8 Å². The Morgan fingerprint density at radius 3 is 2.52 bits per heavy atom. The summed E-state index contributed by atoms with van der Waals surface area (Å²) in [6.07, 6.45) is 0.477. The van der Waals surface area contributed by atoms with Gasteiger partial charge in [0.15, 0.2) is 11.4 Å². The monoisotopic (exact) mass is 549 g/mol. The van der Waals surface area contributed by atoms with Crippen molar-refractivity contribution in [1.29, 1.82) is 0 Å². The molecular formula is C30H27F4N5O. The first-order valence-electron chi connectivity index (χ1n) is 13.1. The van der Waals surface area contributed by atoms with Gasteiger partial charge >= 0.3 is 6.18 Å². The molecule has 10 heteroatoms. The molecule has 0 atom stereocenters. The number of oxazole rings is 1. The van der Waals surface area contributed by atoms with Crippen LogP contribution in [0.15, 0.2) is 65.3 Å². The van der Waals surface area contributed by atoms with Gasteiger partial charge < -0.3 is 13.9 Å². The third-order valence-electron chi connectivity index (χ3n) is 7.46. The average Bonchev–Trinajstić information content (AvgIpc) is 3.51. The summed E-state index contributed by atoms with van der Waals surface area (Å²) < 4.78 is 64.0. The number of alkyl halides is 3. The quantitative estimate of drug-likeness (QED) is 0.199. The third-order valence-corrected chi connectivity index (χ3v) is 7.46. The van der Waals surface area contributed by atoms with Gasteiger partial charge in [-0.3, -0.25) is 0 Å². The molecular weight excluding hydrogens is 522 g/mol. The molecule has 0 N–H and O–H groups in total. The van der Waals surface area contributed by atoms with Crippen LogP contribution in [0.2, 0.25) is 0 Å². The van der Waals surface area contributed by atoms with E-state index in [-0.39, 0.29) is 17.0 Å². The first-order chi connectivity index (χ1) is 19.2. The van der Waals surface area contributed by atoms with Crippen LogP contribution in [-0.4, -0.2) is 38.2 Å². The zero-order valence-electron chi connectivity index (χ0n) is 22.0. The number of hydrogen-bond acceptors (Lipinski definition) is 5. The van der Waals surface area contributed by atoms with Crippen molar-refractivity contribution in [2.45, 2.75) is 32.0 Å². The van der Waals surface area contributed by atoms with Gasteiger partial charge in [-0.1, -0.05) is 24.6 Å². The highest BCUT2D eigenvalue weighted by Gasteiger charge is 2.36. The van der Waals surface area contributed by atoms with E-state index in [0.29, 0.717) is 46.1 Å². The maximum Gasteiger partial charge on any atom is 0.420 e. The van der Waals surface area contributed by atoms with E-state index < -0.39 is 17.6 Å². The van der Waals surface area contributed by atoms with Crippen LogP contribution in [0.3, 0.4) is 0 Å². The Hall–Kier alpha value is -4.05. The zero-order valence-corrected chi connectivity index (χ0v) is 22.0. The molecule has 206 valence electrons. The first kappa shape index (κ1) is 26.2. The van der Waals surface area contributed by atoms with Crippen molar-refractivity contribution in [3.8, 4) is 34.0 Å². The van der Waals surface area contributed by atoms with Crippen LogP contribution in [0, 0.1) is 11.7 Å². The number of nitrogens with zero attached hydrogens (tertiary/aromatic N) is 5. The van der Waals surface area contributed by atoms with Crippen molar-refractivity contribution in [2.24, 2.45) is 13.0 Å². The van der Waals surface area contributed by atoms with Gasteiger partial charge in [-0.25, -0.2) is 9.37 Å². The molecule has 1 aliphatic carbocycles. The minimum Gasteiger partial charge on any atom is -0.435 e. The molecule has 0 unspecified atom stereocenters. The van der Waals surface area contributed by atoms with E-state index in [1.54, 1.807) is 41.9 Å². The van der Waals surface area contributed by atoms with Gasteiger partial charge in [0, 0.05) is 31.3 Å². The molecule has 0 bridgehead atoms. The molecule has 5 aromatic rings. The number of fused-ring (bicyclic) bond motifs is 1. The standard InChI is InChI=1S/C30H27F4N5O/c1-38(15-18-5-3-6-18)16-19-11-25(30(32,33)34)27-26(12-19)36-29(40-27)21-8-4-7-20(13-21)23-10-9-22(31)14-24(23)28-37-35-17-39(28)2/h4,7-14,17-18H,3,5-6,15-16H2,1-2H3. The summed E-state index contributed by atoms with van der Waals surface area (Å²) in [5.74, 6) is 0.735. The Balaban J connectivity index is 1.39. The lowest BCUT2D eigenvalue weighted by molar-refractivity contribution is -0.136. The second-order valence-corrected chi connectivity index (χ2v) is 10.5. The van der Waals surface area contributed by atoms with E-state index in [1.807, 2.05) is 13.1 Å². The lowest BCUT2D eigenvalue weighted by Gasteiger charge is -2.30. The zero-order chi connectivity index (χ0) is 28.0. The Kier molecular flexibility index (Phi) is 6.66. The molecule has 2 aromatic heterocycles. The van der Waals surface area contributed by atoms with Crippen LogP contribution >= 0.6 is 0 Å². The molecule has 0 aliphatic heterocycles. The Bertz CT molecular complexity index is 1690. The Labute approximate surface area is 228 Å². The van der Waals surface area contributed by atoms with E-state index in [9.17, 15) is 17.6 Å². The molecule has 0 amide bonds. The SMILES string of the molecule is CN(Cc1cc(C(F)(F)F)c2oc(-c3cccc(-c4ccc(F)cc4-c4nncn4C)c3)nc2c1)CC1CCC1. The minimum atomic E-state index is -4.60. The van der Waals surface area contributed by atoms with Crippen molar-refractivity contribution in [3.63, 3.8) is 0 Å². The molecule has 3 aromatic carbocycles. The van der Waals surface area contributed by atoms with Crippen molar-refractivity contribution in [2.75, 3.05) is 13.6 Å². The van der Waals surface area contributed by atoms with Gasteiger partial charge in [-0.05, 0) is 78.9 Å². The smallest absolute Gasteiger partial charge is 0.420 e. The van der Waals surface area contributed by atoms with E-state index in [1.165, 1.54) is 37.7 Å². The maximum atomic E-state index is 14.2. The fourth-order valence-corrected chi connectivity index (χ4v) is 5.31. The minimum absolute atomic E-state index is 0.0737. The summed E-state index contributed by atoms with van der Waals surface area (Å²) in [5, 5.41) is 8.01.